The number of methoxy groups -OCH3 is 1. The number of H-pyrrole nitrogens is 1. The molecule has 1 aromatic heterocycles. The van der Waals surface area contributed by atoms with Crippen LogP contribution in [0.3, 0.4) is 0 Å². The van der Waals surface area contributed by atoms with Gasteiger partial charge in [-0.2, -0.15) is 5.10 Å². The quantitative estimate of drug-likeness (QED) is 0.830. The third-order valence-electron chi connectivity index (χ3n) is 5.47. The predicted octanol–water partition coefficient (Wildman–Crippen LogP) is 2.11. The SMILES string of the molecule is COCCN1CC(C(=O)N2CCc3[nH]nc(-c4cccc(Cl)c4)c3C2)CC1=O. The highest BCUT2D eigenvalue weighted by Crippen LogP contribution is 2.31. The van der Waals surface area contributed by atoms with Crippen molar-refractivity contribution in [2.45, 2.75) is 19.4 Å². The molecule has 28 heavy (non-hydrogen) atoms. The van der Waals surface area contributed by atoms with E-state index in [0.717, 1.165) is 28.9 Å². The van der Waals surface area contributed by atoms with Crippen molar-refractivity contribution in [3.05, 3.63) is 40.5 Å². The molecule has 2 aliphatic heterocycles. The molecule has 1 saturated heterocycles. The molecule has 0 aliphatic carbocycles. The van der Waals surface area contributed by atoms with Gasteiger partial charge in [0.1, 0.15) is 0 Å². The Bertz CT molecular complexity index is 897. The molecule has 8 heteroatoms. The summed E-state index contributed by atoms with van der Waals surface area (Å²) in [6.45, 7) is 2.61. The van der Waals surface area contributed by atoms with E-state index in [1.54, 1.807) is 12.0 Å². The maximum absolute atomic E-state index is 13.1. The lowest BCUT2D eigenvalue weighted by molar-refractivity contribution is -0.136. The molecule has 0 saturated carbocycles. The average molecular weight is 403 g/mol. The van der Waals surface area contributed by atoms with Crippen LogP contribution in [0.2, 0.25) is 5.02 Å². The first-order valence-corrected chi connectivity index (χ1v) is 9.82. The van der Waals surface area contributed by atoms with Gasteiger partial charge in [-0.3, -0.25) is 14.7 Å². The lowest BCUT2D eigenvalue weighted by Crippen LogP contribution is -2.40. The summed E-state index contributed by atoms with van der Waals surface area (Å²) in [6.07, 6.45) is 1.00. The molecule has 0 spiro atoms. The number of likely N-dealkylation sites (tertiary alicyclic amines) is 1. The molecule has 1 fully saturated rings. The summed E-state index contributed by atoms with van der Waals surface area (Å²) in [4.78, 5) is 28.8. The summed E-state index contributed by atoms with van der Waals surface area (Å²) in [5.41, 5.74) is 3.85. The van der Waals surface area contributed by atoms with Gasteiger partial charge in [0, 0.05) is 68.0 Å². The molecule has 0 bridgehead atoms. The zero-order valence-electron chi connectivity index (χ0n) is 15.8. The highest BCUT2D eigenvalue weighted by Gasteiger charge is 2.37. The fraction of sp³-hybridized carbons (Fsp3) is 0.450. The normalized spacial score (nSPS) is 19.2. The van der Waals surface area contributed by atoms with E-state index in [4.69, 9.17) is 16.3 Å². The van der Waals surface area contributed by atoms with Gasteiger partial charge in [0.25, 0.3) is 0 Å². The minimum atomic E-state index is -0.285. The van der Waals surface area contributed by atoms with Crippen molar-refractivity contribution in [2.24, 2.45) is 5.92 Å². The topological polar surface area (TPSA) is 78.5 Å². The van der Waals surface area contributed by atoms with E-state index >= 15 is 0 Å². The molecular formula is C20H23ClN4O3. The number of benzene rings is 1. The van der Waals surface area contributed by atoms with Gasteiger partial charge in [-0.25, -0.2) is 0 Å². The van der Waals surface area contributed by atoms with Gasteiger partial charge in [0.15, 0.2) is 0 Å². The summed E-state index contributed by atoms with van der Waals surface area (Å²) in [5.74, 6) is -0.222. The van der Waals surface area contributed by atoms with Crippen LogP contribution in [0.1, 0.15) is 17.7 Å². The van der Waals surface area contributed by atoms with Gasteiger partial charge in [0.2, 0.25) is 11.8 Å². The van der Waals surface area contributed by atoms with Crippen molar-refractivity contribution < 1.29 is 14.3 Å². The van der Waals surface area contributed by atoms with Gasteiger partial charge >= 0.3 is 0 Å². The van der Waals surface area contributed by atoms with Crippen molar-refractivity contribution in [3.63, 3.8) is 0 Å². The zero-order chi connectivity index (χ0) is 19.7. The number of carbonyl (C=O) groups excluding carboxylic acids is 2. The minimum Gasteiger partial charge on any atom is -0.383 e. The lowest BCUT2D eigenvalue weighted by atomic mass is 9.99. The number of hydrogen-bond donors (Lipinski definition) is 1. The molecule has 3 heterocycles. The van der Waals surface area contributed by atoms with Crippen molar-refractivity contribution >= 4 is 23.4 Å². The highest BCUT2D eigenvalue weighted by atomic mass is 35.5. The van der Waals surface area contributed by atoms with Crippen molar-refractivity contribution in [1.82, 2.24) is 20.0 Å². The van der Waals surface area contributed by atoms with E-state index in [1.165, 1.54) is 0 Å². The Hall–Kier alpha value is -2.38. The summed E-state index contributed by atoms with van der Waals surface area (Å²) < 4.78 is 5.05. The van der Waals surface area contributed by atoms with E-state index < -0.39 is 0 Å². The average Bonchev–Trinajstić information content (AvgIpc) is 3.28. The molecule has 0 radical (unpaired) electrons. The Balaban J connectivity index is 1.49. The molecule has 1 aromatic carbocycles. The van der Waals surface area contributed by atoms with Crippen LogP contribution in [-0.4, -0.2) is 65.2 Å². The lowest BCUT2D eigenvalue weighted by Gasteiger charge is -2.29. The molecule has 148 valence electrons. The van der Waals surface area contributed by atoms with Crippen LogP contribution in [0.4, 0.5) is 0 Å². The van der Waals surface area contributed by atoms with Crippen molar-refractivity contribution in [2.75, 3.05) is 33.4 Å². The fourth-order valence-corrected chi connectivity index (χ4v) is 4.16. The molecule has 1 N–H and O–H groups in total. The van der Waals surface area contributed by atoms with E-state index in [1.807, 2.05) is 29.2 Å². The molecule has 2 aliphatic rings. The van der Waals surface area contributed by atoms with Gasteiger partial charge in [0.05, 0.1) is 18.2 Å². The first-order valence-electron chi connectivity index (χ1n) is 9.44. The number of hydrogen-bond acceptors (Lipinski definition) is 4. The molecule has 2 amide bonds. The Morgan fingerprint density at radius 2 is 2.29 bits per heavy atom. The van der Waals surface area contributed by atoms with Gasteiger partial charge in [-0.05, 0) is 12.1 Å². The van der Waals surface area contributed by atoms with E-state index in [-0.39, 0.29) is 24.2 Å². The number of carbonyl (C=O) groups is 2. The first kappa shape index (κ1) is 19.0. The molecule has 1 unspecified atom stereocenters. The largest absolute Gasteiger partial charge is 0.383 e. The molecular weight excluding hydrogens is 380 g/mol. The van der Waals surface area contributed by atoms with E-state index in [2.05, 4.69) is 10.2 Å². The predicted molar refractivity (Wildman–Crippen MR) is 105 cm³/mol. The monoisotopic (exact) mass is 402 g/mol. The van der Waals surface area contributed by atoms with Gasteiger partial charge < -0.3 is 14.5 Å². The number of fused-ring (bicyclic) bond motifs is 1. The van der Waals surface area contributed by atoms with Crippen LogP contribution in [-0.2, 0) is 27.3 Å². The van der Waals surface area contributed by atoms with Crippen LogP contribution < -0.4 is 0 Å². The van der Waals surface area contributed by atoms with E-state index in [9.17, 15) is 9.59 Å². The van der Waals surface area contributed by atoms with Gasteiger partial charge in [-0.15, -0.1) is 0 Å². The summed E-state index contributed by atoms with van der Waals surface area (Å²) in [5, 5.41) is 8.22. The molecule has 2 aromatic rings. The van der Waals surface area contributed by atoms with E-state index in [0.29, 0.717) is 37.8 Å². The maximum atomic E-state index is 13.1. The van der Waals surface area contributed by atoms with Crippen LogP contribution >= 0.6 is 11.6 Å². The Labute approximate surface area is 168 Å². The third kappa shape index (κ3) is 3.64. The number of halogens is 1. The number of aromatic nitrogens is 2. The van der Waals surface area contributed by atoms with Crippen molar-refractivity contribution in [1.29, 1.82) is 0 Å². The number of nitrogens with one attached hydrogen (secondary N) is 1. The van der Waals surface area contributed by atoms with Crippen molar-refractivity contribution in [3.8, 4) is 11.3 Å². The summed E-state index contributed by atoms with van der Waals surface area (Å²) >= 11 is 6.13. The number of aromatic amines is 1. The zero-order valence-corrected chi connectivity index (χ0v) is 16.5. The Morgan fingerprint density at radius 1 is 1.43 bits per heavy atom. The number of nitrogens with zero attached hydrogens (tertiary/aromatic N) is 3. The number of ether oxygens (including phenoxy) is 1. The van der Waals surface area contributed by atoms with Gasteiger partial charge in [-0.1, -0.05) is 23.7 Å². The standard InChI is InChI=1S/C20H23ClN4O3/c1-28-8-7-24-11-14(10-18(24)26)20(27)25-6-5-17-16(12-25)19(23-22-17)13-3-2-4-15(21)9-13/h2-4,9,14H,5-8,10-12H2,1H3,(H,22,23). The third-order valence-corrected chi connectivity index (χ3v) is 5.71. The number of amides is 2. The Morgan fingerprint density at radius 3 is 3.07 bits per heavy atom. The first-order chi connectivity index (χ1) is 13.6. The van der Waals surface area contributed by atoms with Crippen LogP contribution in [0.5, 0.6) is 0 Å². The summed E-state index contributed by atoms with van der Waals surface area (Å²) in [6, 6.07) is 7.56. The van der Waals surface area contributed by atoms with Crippen LogP contribution in [0.15, 0.2) is 24.3 Å². The van der Waals surface area contributed by atoms with Crippen LogP contribution in [0.25, 0.3) is 11.3 Å². The fourth-order valence-electron chi connectivity index (χ4n) is 3.97. The molecule has 7 nitrogen and oxygen atoms in total. The highest BCUT2D eigenvalue weighted by molar-refractivity contribution is 6.30. The summed E-state index contributed by atoms with van der Waals surface area (Å²) in [7, 11) is 1.61. The van der Waals surface area contributed by atoms with Crippen LogP contribution in [0, 0.1) is 5.92 Å². The number of rotatable bonds is 5. The minimum absolute atomic E-state index is 0.0241. The molecule has 1 atom stereocenters. The maximum Gasteiger partial charge on any atom is 0.228 e. The smallest absolute Gasteiger partial charge is 0.228 e. The molecule has 4 rings (SSSR count). The second-order valence-corrected chi connectivity index (χ2v) is 7.72. The second kappa shape index (κ2) is 7.93. The Kier molecular flexibility index (Phi) is 5.37. The second-order valence-electron chi connectivity index (χ2n) is 7.28.